The molecule has 0 aliphatic rings. The summed E-state index contributed by atoms with van der Waals surface area (Å²) in [4.78, 5) is 18.0. The van der Waals surface area contributed by atoms with Crippen LogP contribution in [0.15, 0.2) is 34.2 Å². The van der Waals surface area contributed by atoms with Gasteiger partial charge in [-0.1, -0.05) is 11.8 Å². The maximum absolute atomic E-state index is 13.2. The normalized spacial score (nSPS) is 10.2. The van der Waals surface area contributed by atoms with Crippen molar-refractivity contribution in [1.29, 1.82) is 5.26 Å². The summed E-state index contributed by atoms with van der Waals surface area (Å²) in [5.74, 6) is -0.0147. The second kappa shape index (κ2) is 5.67. The van der Waals surface area contributed by atoms with E-state index >= 15 is 0 Å². The fraction of sp³-hybridized carbons (Fsp3) is 0.154. The smallest absolute Gasteiger partial charge is 0.251 e. The van der Waals surface area contributed by atoms with Crippen LogP contribution in [0, 0.1) is 24.1 Å². The molecule has 96 valence electrons. The molecule has 0 fully saturated rings. The summed E-state index contributed by atoms with van der Waals surface area (Å²) >= 11 is 1.29. The second-order valence-electron chi connectivity index (χ2n) is 3.94. The summed E-state index contributed by atoms with van der Waals surface area (Å²) in [6.45, 7) is 1.73. The highest BCUT2D eigenvalue weighted by molar-refractivity contribution is 7.98. The van der Waals surface area contributed by atoms with E-state index in [2.05, 4.69) is 9.97 Å². The van der Waals surface area contributed by atoms with Crippen LogP contribution in [-0.2, 0) is 5.75 Å². The number of nitrogens with one attached hydrogen (secondary N) is 1. The zero-order valence-electron chi connectivity index (χ0n) is 10.1. The van der Waals surface area contributed by atoms with Crippen molar-refractivity contribution in [3.63, 3.8) is 0 Å². The van der Waals surface area contributed by atoms with Crippen molar-refractivity contribution >= 4 is 11.8 Å². The SMILES string of the molecule is Cc1cc(=O)[nH]c(SCc2cc(F)cc(C#N)c2)n1. The van der Waals surface area contributed by atoms with Gasteiger partial charge in [-0.25, -0.2) is 9.37 Å². The molecule has 1 heterocycles. The van der Waals surface area contributed by atoms with Crippen LogP contribution in [0.2, 0.25) is 0 Å². The van der Waals surface area contributed by atoms with Gasteiger partial charge in [0.1, 0.15) is 5.82 Å². The molecular formula is C13H10FN3OS. The lowest BCUT2D eigenvalue weighted by atomic mass is 10.1. The number of hydrogen-bond acceptors (Lipinski definition) is 4. The first kappa shape index (κ1) is 13.3. The number of aryl methyl sites for hydroxylation is 1. The van der Waals surface area contributed by atoms with Gasteiger partial charge in [0, 0.05) is 17.5 Å². The van der Waals surface area contributed by atoms with Crippen molar-refractivity contribution in [3.05, 3.63) is 57.3 Å². The number of benzene rings is 1. The quantitative estimate of drug-likeness (QED) is 0.689. The van der Waals surface area contributed by atoms with Crippen LogP contribution in [0.25, 0.3) is 0 Å². The van der Waals surface area contributed by atoms with Gasteiger partial charge in [0.05, 0.1) is 11.6 Å². The van der Waals surface area contributed by atoms with Crippen molar-refractivity contribution in [3.8, 4) is 6.07 Å². The Morgan fingerprint density at radius 2 is 2.21 bits per heavy atom. The van der Waals surface area contributed by atoms with Crippen molar-refractivity contribution < 1.29 is 4.39 Å². The Kier molecular flexibility index (Phi) is 3.97. The Labute approximate surface area is 113 Å². The number of halogens is 1. The average Bonchev–Trinajstić information content (AvgIpc) is 2.34. The molecule has 2 aromatic rings. The first-order valence-electron chi connectivity index (χ1n) is 5.47. The number of aromatic nitrogens is 2. The molecule has 0 radical (unpaired) electrons. The van der Waals surface area contributed by atoms with E-state index in [9.17, 15) is 9.18 Å². The summed E-state index contributed by atoms with van der Waals surface area (Å²) in [6.07, 6.45) is 0. The predicted molar refractivity (Wildman–Crippen MR) is 70.3 cm³/mol. The molecule has 1 aromatic carbocycles. The highest BCUT2D eigenvalue weighted by Crippen LogP contribution is 2.20. The van der Waals surface area contributed by atoms with E-state index in [0.29, 0.717) is 22.2 Å². The Balaban J connectivity index is 2.16. The average molecular weight is 275 g/mol. The van der Waals surface area contributed by atoms with Gasteiger partial charge < -0.3 is 4.98 Å². The van der Waals surface area contributed by atoms with Crippen molar-refractivity contribution in [2.24, 2.45) is 0 Å². The summed E-state index contributed by atoms with van der Waals surface area (Å²) in [5, 5.41) is 9.24. The van der Waals surface area contributed by atoms with Gasteiger partial charge in [0.25, 0.3) is 5.56 Å². The highest BCUT2D eigenvalue weighted by Gasteiger charge is 2.04. The largest absolute Gasteiger partial charge is 0.301 e. The fourth-order valence-electron chi connectivity index (χ4n) is 1.57. The Hall–Kier alpha value is -2.13. The molecule has 0 aliphatic heterocycles. The maximum atomic E-state index is 13.2. The topological polar surface area (TPSA) is 69.5 Å². The van der Waals surface area contributed by atoms with Crippen LogP contribution in [0.4, 0.5) is 4.39 Å². The molecule has 0 spiro atoms. The molecule has 0 saturated heterocycles. The van der Waals surface area contributed by atoms with Gasteiger partial charge in [-0.15, -0.1) is 0 Å². The number of H-pyrrole nitrogens is 1. The number of rotatable bonds is 3. The zero-order chi connectivity index (χ0) is 13.8. The van der Waals surface area contributed by atoms with Crippen LogP contribution in [0.3, 0.4) is 0 Å². The molecule has 0 unspecified atom stereocenters. The van der Waals surface area contributed by atoms with E-state index in [1.165, 1.54) is 30.0 Å². The van der Waals surface area contributed by atoms with Gasteiger partial charge >= 0.3 is 0 Å². The van der Waals surface area contributed by atoms with E-state index in [4.69, 9.17) is 5.26 Å². The molecule has 0 atom stereocenters. The summed E-state index contributed by atoms with van der Waals surface area (Å²) in [6, 6.07) is 7.46. The van der Waals surface area contributed by atoms with Crippen molar-refractivity contribution in [2.75, 3.05) is 0 Å². The molecule has 4 nitrogen and oxygen atoms in total. The summed E-state index contributed by atoms with van der Waals surface area (Å²) in [5.41, 5.74) is 1.36. The van der Waals surface area contributed by atoms with Crippen molar-refractivity contribution in [1.82, 2.24) is 9.97 Å². The van der Waals surface area contributed by atoms with E-state index < -0.39 is 5.82 Å². The standard InChI is InChI=1S/C13H10FN3OS/c1-8-2-12(18)17-13(16-8)19-7-10-3-9(6-15)4-11(14)5-10/h2-5H,7H2,1H3,(H,16,17,18). The van der Waals surface area contributed by atoms with E-state index in [1.807, 2.05) is 6.07 Å². The molecule has 1 aromatic heterocycles. The first-order chi connectivity index (χ1) is 9.06. The molecule has 19 heavy (non-hydrogen) atoms. The lowest BCUT2D eigenvalue weighted by molar-refractivity contribution is 0.626. The fourth-order valence-corrected chi connectivity index (χ4v) is 2.42. The third-order valence-electron chi connectivity index (χ3n) is 2.31. The predicted octanol–water partition coefficient (Wildman–Crippen LogP) is 2.38. The molecular weight excluding hydrogens is 265 g/mol. The van der Waals surface area contributed by atoms with Gasteiger partial charge in [-0.3, -0.25) is 4.79 Å². The van der Waals surface area contributed by atoms with Crippen LogP contribution in [0.1, 0.15) is 16.8 Å². The van der Waals surface area contributed by atoms with Crippen LogP contribution < -0.4 is 5.56 Å². The summed E-state index contributed by atoms with van der Waals surface area (Å²) in [7, 11) is 0. The molecule has 2 rings (SSSR count). The molecule has 0 amide bonds. The van der Waals surface area contributed by atoms with Gasteiger partial charge in [0.15, 0.2) is 5.16 Å². The van der Waals surface area contributed by atoms with Crippen molar-refractivity contribution in [2.45, 2.75) is 17.8 Å². The maximum Gasteiger partial charge on any atom is 0.251 e. The molecule has 0 aliphatic carbocycles. The minimum Gasteiger partial charge on any atom is -0.301 e. The number of hydrogen-bond donors (Lipinski definition) is 1. The Morgan fingerprint density at radius 3 is 2.89 bits per heavy atom. The number of aromatic amines is 1. The lowest BCUT2D eigenvalue weighted by Gasteiger charge is -2.03. The molecule has 1 N–H and O–H groups in total. The highest BCUT2D eigenvalue weighted by atomic mass is 32.2. The zero-order valence-corrected chi connectivity index (χ0v) is 10.9. The lowest BCUT2D eigenvalue weighted by Crippen LogP contribution is -2.08. The van der Waals surface area contributed by atoms with E-state index in [-0.39, 0.29) is 11.1 Å². The minimum atomic E-state index is -0.444. The molecule has 0 bridgehead atoms. The number of thioether (sulfide) groups is 1. The van der Waals surface area contributed by atoms with Gasteiger partial charge in [-0.2, -0.15) is 5.26 Å². The minimum absolute atomic E-state index is 0.216. The van der Waals surface area contributed by atoms with E-state index in [1.54, 1.807) is 13.0 Å². The number of nitrogens with zero attached hydrogens (tertiary/aromatic N) is 2. The summed E-state index contributed by atoms with van der Waals surface area (Å²) < 4.78 is 13.2. The van der Waals surface area contributed by atoms with Crippen LogP contribution >= 0.6 is 11.8 Å². The van der Waals surface area contributed by atoms with Crippen LogP contribution in [-0.4, -0.2) is 9.97 Å². The third-order valence-corrected chi connectivity index (χ3v) is 3.25. The first-order valence-corrected chi connectivity index (χ1v) is 6.46. The molecule has 0 saturated carbocycles. The monoisotopic (exact) mass is 275 g/mol. The second-order valence-corrected chi connectivity index (χ2v) is 4.90. The van der Waals surface area contributed by atoms with Gasteiger partial charge in [0.2, 0.25) is 0 Å². The molecule has 6 heteroatoms. The van der Waals surface area contributed by atoms with Crippen LogP contribution in [0.5, 0.6) is 0 Å². The number of nitriles is 1. The Bertz CT molecular complexity index is 706. The third kappa shape index (κ3) is 3.66. The van der Waals surface area contributed by atoms with E-state index in [0.717, 1.165) is 0 Å². The Morgan fingerprint density at radius 1 is 1.42 bits per heavy atom. The van der Waals surface area contributed by atoms with Gasteiger partial charge in [-0.05, 0) is 30.7 Å².